The number of rotatable bonds is 7. The summed E-state index contributed by atoms with van der Waals surface area (Å²) in [5.74, 6) is -0.940. The average molecular weight is 261 g/mol. The number of benzene rings is 1. The number of nitrogens with zero attached hydrogens (tertiary/aromatic N) is 1. The number of hydrogen-bond donors (Lipinski definition) is 2. The van der Waals surface area contributed by atoms with E-state index >= 15 is 0 Å². The molecule has 1 fully saturated rings. The van der Waals surface area contributed by atoms with Crippen LogP contribution in [0.25, 0.3) is 6.08 Å². The zero-order valence-corrected chi connectivity index (χ0v) is 10.8. The standard InChI is InChI=1S/C15H19NO3/c17-9-8-16(14-5-6-14)11-13-3-1-2-12(10-13)4-7-15(18)19/h1-4,7,10,14,17H,5-6,8-9,11H2,(H,18,19). The highest BCUT2D eigenvalue weighted by molar-refractivity contribution is 5.85. The van der Waals surface area contributed by atoms with Gasteiger partial charge in [0.15, 0.2) is 0 Å². The Morgan fingerprint density at radius 3 is 2.84 bits per heavy atom. The van der Waals surface area contributed by atoms with Crippen LogP contribution in [0.4, 0.5) is 0 Å². The molecule has 0 heterocycles. The second-order valence-corrected chi connectivity index (χ2v) is 4.84. The van der Waals surface area contributed by atoms with Crippen molar-refractivity contribution in [3.8, 4) is 0 Å². The predicted molar refractivity (Wildman–Crippen MR) is 73.6 cm³/mol. The lowest BCUT2D eigenvalue weighted by Gasteiger charge is -2.20. The van der Waals surface area contributed by atoms with E-state index in [0.717, 1.165) is 23.7 Å². The lowest BCUT2D eigenvalue weighted by atomic mass is 10.1. The highest BCUT2D eigenvalue weighted by Crippen LogP contribution is 2.28. The van der Waals surface area contributed by atoms with E-state index < -0.39 is 5.97 Å². The van der Waals surface area contributed by atoms with Crippen molar-refractivity contribution in [1.29, 1.82) is 0 Å². The second kappa shape index (κ2) is 6.50. The molecule has 19 heavy (non-hydrogen) atoms. The topological polar surface area (TPSA) is 60.8 Å². The Hall–Kier alpha value is -1.65. The minimum atomic E-state index is -0.940. The Kier molecular flexibility index (Phi) is 4.71. The largest absolute Gasteiger partial charge is 0.478 e. The third-order valence-electron chi connectivity index (χ3n) is 3.21. The first-order chi connectivity index (χ1) is 9.19. The molecule has 1 aliphatic carbocycles. The molecule has 0 atom stereocenters. The van der Waals surface area contributed by atoms with Crippen LogP contribution in [0.15, 0.2) is 30.3 Å². The summed E-state index contributed by atoms with van der Waals surface area (Å²) in [7, 11) is 0. The number of carboxylic acid groups (broad SMARTS) is 1. The molecule has 1 aromatic rings. The van der Waals surface area contributed by atoms with Crippen LogP contribution in [-0.2, 0) is 11.3 Å². The highest BCUT2D eigenvalue weighted by Gasteiger charge is 2.28. The molecule has 2 N–H and O–H groups in total. The Bertz CT molecular complexity index is 466. The Morgan fingerprint density at radius 2 is 2.21 bits per heavy atom. The van der Waals surface area contributed by atoms with Crippen LogP contribution in [-0.4, -0.2) is 40.3 Å². The van der Waals surface area contributed by atoms with E-state index in [4.69, 9.17) is 10.2 Å². The summed E-state index contributed by atoms with van der Waals surface area (Å²) in [6, 6.07) is 8.44. The Balaban J connectivity index is 2.03. The zero-order chi connectivity index (χ0) is 13.7. The van der Waals surface area contributed by atoms with Gasteiger partial charge in [0.05, 0.1) is 6.61 Å². The van der Waals surface area contributed by atoms with Crippen molar-refractivity contribution in [2.24, 2.45) is 0 Å². The van der Waals surface area contributed by atoms with Crippen molar-refractivity contribution in [2.75, 3.05) is 13.2 Å². The fraction of sp³-hybridized carbons (Fsp3) is 0.400. The summed E-state index contributed by atoms with van der Waals surface area (Å²) in [6.45, 7) is 1.68. The third-order valence-corrected chi connectivity index (χ3v) is 3.21. The van der Waals surface area contributed by atoms with E-state index in [1.807, 2.05) is 24.3 Å². The first-order valence-electron chi connectivity index (χ1n) is 6.54. The van der Waals surface area contributed by atoms with Crippen molar-refractivity contribution in [1.82, 2.24) is 4.90 Å². The van der Waals surface area contributed by atoms with E-state index in [-0.39, 0.29) is 6.61 Å². The third kappa shape index (κ3) is 4.50. The van der Waals surface area contributed by atoms with E-state index in [2.05, 4.69) is 4.90 Å². The van der Waals surface area contributed by atoms with Gasteiger partial charge in [0.25, 0.3) is 0 Å². The molecule has 4 nitrogen and oxygen atoms in total. The van der Waals surface area contributed by atoms with Crippen LogP contribution in [0.2, 0.25) is 0 Å². The molecule has 0 bridgehead atoms. The van der Waals surface area contributed by atoms with Crippen LogP contribution in [0, 0.1) is 0 Å². The van der Waals surface area contributed by atoms with Gasteiger partial charge in [-0.15, -0.1) is 0 Å². The summed E-state index contributed by atoms with van der Waals surface area (Å²) in [5, 5.41) is 17.7. The maximum atomic E-state index is 10.5. The molecule has 0 radical (unpaired) electrons. The smallest absolute Gasteiger partial charge is 0.328 e. The van der Waals surface area contributed by atoms with Crippen LogP contribution in [0.1, 0.15) is 24.0 Å². The van der Waals surface area contributed by atoms with Gasteiger partial charge in [-0.25, -0.2) is 4.79 Å². The zero-order valence-electron chi connectivity index (χ0n) is 10.8. The van der Waals surface area contributed by atoms with Gasteiger partial charge in [-0.2, -0.15) is 0 Å². The molecular weight excluding hydrogens is 242 g/mol. The van der Waals surface area contributed by atoms with Gasteiger partial charge in [-0.1, -0.05) is 24.3 Å². The summed E-state index contributed by atoms with van der Waals surface area (Å²) in [6.07, 6.45) is 5.15. The van der Waals surface area contributed by atoms with Crippen molar-refractivity contribution in [3.05, 3.63) is 41.5 Å². The molecule has 0 aromatic heterocycles. The van der Waals surface area contributed by atoms with Crippen LogP contribution in [0.3, 0.4) is 0 Å². The Morgan fingerprint density at radius 1 is 1.42 bits per heavy atom. The summed E-state index contributed by atoms with van der Waals surface area (Å²) < 4.78 is 0. The monoisotopic (exact) mass is 261 g/mol. The Labute approximate surface area is 113 Å². The first-order valence-corrected chi connectivity index (χ1v) is 6.54. The van der Waals surface area contributed by atoms with E-state index in [1.165, 1.54) is 12.8 Å². The summed E-state index contributed by atoms with van der Waals surface area (Å²) >= 11 is 0. The van der Waals surface area contributed by atoms with Crippen molar-refractivity contribution in [2.45, 2.75) is 25.4 Å². The van der Waals surface area contributed by atoms with Gasteiger partial charge in [0.2, 0.25) is 0 Å². The first kappa shape index (κ1) is 13.8. The van der Waals surface area contributed by atoms with Crippen molar-refractivity contribution in [3.63, 3.8) is 0 Å². The molecule has 0 amide bonds. The maximum absolute atomic E-state index is 10.5. The second-order valence-electron chi connectivity index (χ2n) is 4.84. The van der Waals surface area contributed by atoms with Crippen LogP contribution in [0.5, 0.6) is 0 Å². The van der Waals surface area contributed by atoms with Crippen LogP contribution >= 0.6 is 0 Å². The fourth-order valence-electron chi connectivity index (χ4n) is 2.16. The molecule has 1 aromatic carbocycles. The maximum Gasteiger partial charge on any atom is 0.328 e. The quantitative estimate of drug-likeness (QED) is 0.734. The molecular formula is C15H19NO3. The number of aliphatic carboxylic acids is 1. The van der Waals surface area contributed by atoms with E-state index in [1.54, 1.807) is 6.08 Å². The average Bonchev–Trinajstić information content (AvgIpc) is 3.21. The minimum absolute atomic E-state index is 0.176. The number of aliphatic hydroxyl groups excluding tert-OH is 1. The minimum Gasteiger partial charge on any atom is -0.478 e. The molecule has 0 spiro atoms. The lowest BCUT2D eigenvalue weighted by molar-refractivity contribution is -0.131. The summed E-state index contributed by atoms with van der Waals surface area (Å²) in [5.41, 5.74) is 2.03. The molecule has 0 saturated heterocycles. The molecule has 0 aliphatic heterocycles. The van der Waals surface area contributed by atoms with Gasteiger partial charge in [0, 0.05) is 25.2 Å². The lowest BCUT2D eigenvalue weighted by Crippen LogP contribution is -2.28. The molecule has 0 unspecified atom stereocenters. The highest BCUT2D eigenvalue weighted by atomic mass is 16.4. The van der Waals surface area contributed by atoms with Gasteiger partial charge >= 0.3 is 5.97 Å². The predicted octanol–water partition coefficient (Wildman–Crippen LogP) is 1.74. The molecule has 1 aliphatic rings. The van der Waals surface area contributed by atoms with Gasteiger partial charge in [-0.3, -0.25) is 4.90 Å². The fourth-order valence-corrected chi connectivity index (χ4v) is 2.16. The van der Waals surface area contributed by atoms with Crippen molar-refractivity contribution >= 4 is 12.0 Å². The normalized spacial score (nSPS) is 15.3. The van der Waals surface area contributed by atoms with Crippen molar-refractivity contribution < 1.29 is 15.0 Å². The SMILES string of the molecule is O=C(O)C=Cc1cccc(CN(CCO)C2CC2)c1. The molecule has 4 heteroatoms. The van der Waals surface area contributed by atoms with E-state index in [0.29, 0.717) is 12.6 Å². The molecule has 2 rings (SSSR count). The van der Waals surface area contributed by atoms with E-state index in [9.17, 15) is 4.79 Å². The molecule has 102 valence electrons. The van der Waals surface area contributed by atoms with Gasteiger partial charge in [-0.05, 0) is 30.0 Å². The number of carbonyl (C=O) groups is 1. The van der Waals surface area contributed by atoms with Gasteiger partial charge in [0.1, 0.15) is 0 Å². The number of hydrogen-bond acceptors (Lipinski definition) is 3. The number of carboxylic acids is 1. The summed E-state index contributed by atoms with van der Waals surface area (Å²) in [4.78, 5) is 12.8. The van der Waals surface area contributed by atoms with Gasteiger partial charge < -0.3 is 10.2 Å². The molecule has 1 saturated carbocycles. The van der Waals surface area contributed by atoms with Crippen LogP contribution < -0.4 is 0 Å². The number of aliphatic hydroxyl groups is 1.